The highest BCUT2D eigenvalue weighted by atomic mass is 19.1. The monoisotopic (exact) mass is 234 g/mol. The molecule has 17 heavy (non-hydrogen) atoms. The number of amides is 1. The van der Waals surface area contributed by atoms with Gasteiger partial charge in [-0.2, -0.15) is 5.26 Å². The molecular weight excluding hydrogens is 219 g/mol. The van der Waals surface area contributed by atoms with Crippen LogP contribution in [0.25, 0.3) is 0 Å². The van der Waals surface area contributed by atoms with Gasteiger partial charge in [-0.15, -0.1) is 0 Å². The molecular formula is C13H15FN2O. The first-order valence-corrected chi connectivity index (χ1v) is 5.60. The van der Waals surface area contributed by atoms with Crippen molar-refractivity contribution in [2.75, 3.05) is 11.4 Å². The first-order chi connectivity index (χ1) is 8.13. The fourth-order valence-electron chi connectivity index (χ4n) is 1.62. The Labute approximate surface area is 100 Å². The van der Waals surface area contributed by atoms with E-state index in [0.717, 1.165) is 0 Å². The zero-order valence-corrected chi connectivity index (χ0v) is 9.98. The van der Waals surface area contributed by atoms with Crippen molar-refractivity contribution in [2.24, 2.45) is 5.92 Å². The van der Waals surface area contributed by atoms with Crippen LogP contribution in [0.5, 0.6) is 0 Å². The van der Waals surface area contributed by atoms with E-state index < -0.39 is 11.7 Å². The average Bonchev–Trinajstić information content (AvgIpc) is 2.31. The maximum Gasteiger partial charge on any atom is 0.244 e. The summed E-state index contributed by atoms with van der Waals surface area (Å²) >= 11 is 0. The third kappa shape index (κ3) is 3.04. The molecule has 1 unspecified atom stereocenters. The molecule has 1 rings (SSSR count). The van der Waals surface area contributed by atoms with Gasteiger partial charge in [-0.05, 0) is 31.5 Å². The summed E-state index contributed by atoms with van der Waals surface area (Å²) in [6.07, 6.45) is 0.459. The van der Waals surface area contributed by atoms with Crippen LogP contribution in [-0.2, 0) is 4.79 Å². The van der Waals surface area contributed by atoms with E-state index in [-0.39, 0.29) is 5.91 Å². The van der Waals surface area contributed by atoms with Crippen molar-refractivity contribution in [3.63, 3.8) is 0 Å². The predicted molar refractivity (Wildman–Crippen MR) is 63.8 cm³/mol. The van der Waals surface area contributed by atoms with Crippen molar-refractivity contribution in [2.45, 2.75) is 20.3 Å². The second kappa shape index (κ2) is 6.00. The standard InChI is InChI=1S/C13H15FN2O/c1-3-10(9-15)13(17)16(4-2)12-7-5-6-11(14)8-12/h5-8,10H,3-4H2,1-2H3. The molecule has 1 aromatic carbocycles. The Balaban J connectivity index is 3.00. The smallest absolute Gasteiger partial charge is 0.244 e. The first-order valence-electron chi connectivity index (χ1n) is 5.60. The van der Waals surface area contributed by atoms with Gasteiger partial charge in [0.15, 0.2) is 0 Å². The number of carbonyl (C=O) groups is 1. The minimum absolute atomic E-state index is 0.275. The van der Waals surface area contributed by atoms with Crippen molar-refractivity contribution >= 4 is 11.6 Å². The molecule has 1 amide bonds. The highest BCUT2D eigenvalue weighted by Crippen LogP contribution is 2.18. The number of nitrogens with zero attached hydrogens (tertiary/aromatic N) is 2. The van der Waals surface area contributed by atoms with Crippen LogP contribution in [0.3, 0.4) is 0 Å². The summed E-state index contributed by atoms with van der Waals surface area (Å²) in [5.41, 5.74) is 0.492. The van der Waals surface area contributed by atoms with Gasteiger partial charge in [0, 0.05) is 12.2 Å². The zero-order chi connectivity index (χ0) is 12.8. The summed E-state index contributed by atoms with van der Waals surface area (Å²) in [6.45, 7) is 4.00. The van der Waals surface area contributed by atoms with E-state index in [0.29, 0.717) is 18.7 Å². The molecule has 4 heteroatoms. The SMILES string of the molecule is CCC(C#N)C(=O)N(CC)c1cccc(F)c1. The van der Waals surface area contributed by atoms with E-state index >= 15 is 0 Å². The minimum atomic E-state index is -0.668. The Kier molecular flexibility index (Phi) is 4.65. The number of hydrogen-bond donors (Lipinski definition) is 0. The molecule has 0 radical (unpaired) electrons. The molecule has 1 atom stereocenters. The lowest BCUT2D eigenvalue weighted by Gasteiger charge is -2.23. The number of anilines is 1. The van der Waals surface area contributed by atoms with Crippen LogP contribution in [0.15, 0.2) is 24.3 Å². The van der Waals surface area contributed by atoms with Crippen LogP contribution in [0, 0.1) is 23.1 Å². The maximum atomic E-state index is 13.1. The van der Waals surface area contributed by atoms with E-state index in [1.807, 2.05) is 6.07 Å². The lowest BCUT2D eigenvalue weighted by Crippen LogP contribution is -2.35. The Morgan fingerprint density at radius 3 is 2.71 bits per heavy atom. The van der Waals surface area contributed by atoms with Crippen LogP contribution in [0.4, 0.5) is 10.1 Å². The highest BCUT2D eigenvalue weighted by Gasteiger charge is 2.22. The number of halogens is 1. The third-order valence-electron chi connectivity index (χ3n) is 2.56. The molecule has 3 nitrogen and oxygen atoms in total. The third-order valence-corrected chi connectivity index (χ3v) is 2.56. The van der Waals surface area contributed by atoms with E-state index in [2.05, 4.69) is 0 Å². The van der Waals surface area contributed by atoms with Gasteiger partial charge in [-0.3, -0.25) is 4.79 Å². The van der Waals surface area contributed by atoms with Gasteiger partial charge in [-0.25, -0.2) is 4.39 Å². The van der Waals surface area contributed by atoms with Crippen molar-refractivity contribution in [1.82, 2.24) is 0 Å². The van der Waals surface area contributed by atoms with Crippen molar-refractivity contribution < 1.29 is 9.18 Å². The molecule has 0 saturated heterocycles. The topological polar surface area (TPSA) is 44.1 Å². The molecule has 90 valence electrons. The minimum Gasteiger partial charge on any atom is -0.311 e. The van der Waals surface area contributed by atoms with Crippen LogP contribution < -0.4 is 4.90 Å². The quantitative estimate of drug-likeness (QED) is 0.804. The molecule has 0 aliphatic heterocycles. The van der Waals surface area contributed by atoms with E-state index in [9.17, 15) is 9.18 Å². The Hall–Kier alpha value is -1.89. The second-order valence-electron chi connectivity index (χ2n) is 3.65. The molecule has 0 bridgehead atoms. The van der Waals surface area contributed by atoms with Crippen molar-refractivity contribution in [3.8, 4) is 6.07 Å². The van der Waals surface area contributed by atoms with Gasteiger partial charge >= 0.3 is 0 Å². The van der Waals surface area contributed by atoms with E-state index in [1.165, 1.54) is 17.0 Å². The van der Waals surface area contributed by atoms with Crippen LogP contribution >= 0.6 is 0 Å². The summed E-state index contributed by atoms with van der Waals surface area (Å²) in [6, 6.07) is 7.80. The number of carbonyl (C=O) groups excluding carboxylic acids is 1. The Morgan fingerprint density at radius 2 is 2.24 bits per heavy atom. The number of hydrogen-bond acceptors (Lipinski definition) is 2. The molecule has 0 heterocycles. The Morgan fingerprint density at radius 1 is 1.53 bits per heavy atom. The van der Waals surface area contributed by atoms with E-state index in [4.69, 9.17) is 5.26 Å². The lowest BCUT2D eigenvalue weighted by atomic mass is 10.1. The molecule has 0 aromatic heterocycles. The molecule has 0 aliphatic rings. The van der Waals surface area contributed by atoms with Crippen molar-refractivity contribution in [3.05, 3.63) is 30.1 Å². The average molecular weight is 234 g/mol. The zero-order valence-electron chi connectivity index (χ0n) is 9.98. The van der Waals surface area contributed by atoms with Crippen LogP contribution in [0.1, 0.15) is 20.3 Å². The van der Waals surface area contributed by atoms with Crippen LogP contribution in [0.2, 0.25) is 0 Å². The first kappa shape index (κ1) is 13.2. The summed E-state index contributed by atoms with van der Waals surface area (Å²) in [5, 5.41) is 8.87. The summed E-state index contributed by atoms with van der Waals surface area (Å²) < 4.78 is 13.1. The normalized spacial score (nSPS) is 11.6. The van der Waals surface area contributed by atoms with Gasteiger partial charge in [-0.1, -0.05) is 13.0 Å². The molecule has 0 fully saturated rings. The van der Waals surface area contributed by atoms with E-state index in [1.54, 1.807) is 26.0 Å². The molecule has 0 aliphatic carbocycles. The van der Waals surface area contributed by atoms with Crippen molar-refractivity contribution in [1.29, 1.82) is 5.26 Å². The van der Waals surface area contributed by atoms with Gasteiger partial charge in [0.1, 0.15) is 11.7 Å². The highest BCUT2D eigenvalue weighted by molar-refractivity contribution is 5.96. The fraction of sp³-hybridized carbons (Fsp3) is 0.385. The van der Waals surface area contributed by atoms with Gasteiger partial charge in [0.2, 0.25) is 5.91 Å². The number of nitriles is 1. The summed E-state index contributed by atoms with van der Waals surface area (Å²) in [4.78, 5) is 13.5. The predicted octanol–water partition coefficient (Wildman–Crippen LogP) is 2.73. The van der Waals surface area contributed by atoms with Gasteiger partial charge in [0.25, 0.3) is 0 Å². The number of rotatable bonds is 4. The lowest BCUT2D eigenvalue weighted by molar-refractivity contribution is -0.120. The van der Waals surface area contributed by atoms with Gasteiger partial charge < -0.3 is 4.90 Å². The largest absolute Gasteiger partial charge is 0.311 e. The molecule has 0 saturated carbocycles. The number of benzene rings is 1. The molecule has 0 N–H and O–H groups in total. The summed E-state index contributed by atoms with van der Waals surface area (Å²) in [5.74, 6) is -1.33. The van der Waals surface area contributed by atoms with Crippen LogP contribution in [-0.4, -0.2) is 12.5 Å². The Bertz CT molecular complexity index is 439. The maximum absolute atomic E-state index is 13.1. The summed E-state index contributed by atoms with van der Waals surface area (Å²) in [7, 11) is 0. The fourth-order valence-corrected chi connectivity index (χ4v) is 1.62. The van der Waals surface area contributed by atoms with Gasteiger partial charge in [0.05, 0.1) is 6.07 Å². The molecule has 0 spiro atoms. The second-order valence-corrected chi connectivity index (χ2v) is 3.65. The molecule has 1 aromatic rings.